The van der Waals surface area contributed by atoms with Crippen LogP contribution in [-0.4, -0.2) is 5.78 Å². The fourth-order valence-electron chi connectivity index (χ4n) is 3.43. The Morgan fingerprint density at radius 1 is 0.893 bits per heavy atom. The van der Waals surface area contributed by atoms with E-state index >= 15 is 0 Å². The standard InChI is InChI=1S/C21H18N6O/c1-14-12-13-17(28)19(21(25-27-23)16-10-6-3-7-11-16)18(14)20(24-26-22)15-8-4-2-5-9-15/h2-11,14H,12-13H2,1H3. The van der Waals surface area contributed by atoms with Gasteiger partial charge in [0.2, 0.25) is 0 Å². The molecule has 1 unspecified atom stereocenters. The second-order valence-electron chi connectivity index (χ2n) is 6.46. The van der Waals surface area contributed by atoms with Crippen molar-refractivity contribution in [3.05, 3.63) is 104 Å². The molecule has 7 nitrogen and oxygen atoms in total. The molecule has 138 valence electrons. The smallest absolute Gasteiger partial charge is 0.163 e. The number of nitrogens with zero attached hydrogens (tertiary/aromatic N) is 6. The molecular formula is C21H18N6O. The molecular weight excluding hydrogens is 352 g/mol. The van der Waals surface area contributed by atoms with Gasteiger partial charge in [-0.05, 0) is 40.1 Å². The Bertz CT molecular complexity index is 1040. The molecule has 0 aromatic heterocycles. The monoisotopic (exact) mass is 370 g/mol. The first-order valence-electron chi connectivity index (χ1n) is 8.90. The van der Waals surface area contributed by atoms with E-state index in [9.17, 15) is 4.79 Å². The number of benzene rings is 2. The molecule has 7 heteroatoms. The van der Waals surface area contributed by atoms with Gasteiger partial charge in [-0.25, -0.2) is 0 Å². The molecule has 1 aliphatic carbocycles. The fraction of sp³-hybridized carbons (Fsp3) is 0.190. The second-order valence-corrected chi connectivity index (χ2v) is 6.46. The minimum atomic E-state index is -0.124. The first-order valence-corrected chi connectivity index (χ1v) is 8.90. The molecule has 0 bridgehead atoms. The van der Waals surface area contributed by atoms with Gasteiger partial charge in [-0.15, -0.1) is 0 Å². The summed E-state index contributed by atoms with van der Waals surface area (Å²) in [6.07, 6.45) is 0.975. The number of hydrogen-bond donors (Lipinski definition) is 0. The van der Waals surface area contributed by atoms with E-state index in [1.165, 1.54) is 0 Å². The van der Waals surface area contributed by atoms with E-state index in [4.69, 9.17) is 11.1 Å². The van der Waals surface area contributed by atoms with Crippen molar-refractivity contribution in [1.29, 1.82) is 0 Å². The number of carbonyl (C=O) groups is 1. The maximum atomic E-state index is 13.0. The molecule has 2 aromatic carbocycles. The van der Waals surface area contributed by atoms with Gasteiger partial charge in [0.05, 0.1) is 5.70 Å². The lowest BCUT2D eigenvalue weighted by molar-refractivity contribution is -0.116. The molecule has 0 radical (unpaired) electrons. The Morgan fingerprint density at radius 3 is 1.93 bits per heavy atom. The lowest BCUT2D eigenvalue weighted by Crippen LogP contribution is -2.21. The third-order valence-electron chi connectivity index (χ3n) is 4.72. The molecule has 0 aliphatic heterocycles. The zero-order chi connectivity index (χ0) is 19.9. The topological polar surface area (TPSA) is 115 Å². The molecule has 28 heavy (non-hydrogen) atoms. The highest BCUT2D eigenvalue weighted by Crippen LogP contribution is 2.41. The Balaban J connectivity index is 2.42. The minimum Gasteiger partial charge on any atom is -0.294 e. The molecule has 0 saturated heterocycles. The van der Waals surface area contributed by atoms with Gasteiger partial charge < -0.3 is 0 Å². The summed E-state index contributed by atoms with van der Waals surface area (Å²) in [4.78, 5) is 18.9. The molecule has 3 rings (SSSR count). The summed E-state index contributed by atoms with van der Waals surface area (Å²) in [7, 11) is 0. The molecule has 1 saturated carbocycles. The molecule has 0 spiro atoms. The predicted octanol–water partition coefficient (Wildman–Crippen LogP) is 6.43. The Labute approximate surface area is 162 Å². The van der Waals surface area contributed by atoms with Crippen LogP contribution < -0.4 is 0 Å². The van der Waals surface area contributed by atoms with Crippen molar-refractivity contribution >= 4 is 17.2 Å². The molecule has 0 N–H and O–H groups in total. The molecule has 0 heterocycles. The molecule has 1 atom stereocenters. The van der Waals surface area contributed by atoms with Gasteiger partial charge in [0.1, 0.15) is 0 Å². The van der Waals surface area contributed by atoms with E-state index in [2.05, 4.69) is 20.1 Å². The van der Waals surface area contributed by atoms with Crippen LogP contribution in [-0.2, 0) is 4.79 Å². The van der Waals surface area contributed by atoms with Crippen LogP contribution in [0.2, 0.25) is 0 Å². The zero-order valence-corrected chi connectivity index (χ0v) is 15.4. The van der Waals surface area contributed by atoms with Gasteiger partial charge in [-0.3, -0.25) is 4.79 Å². The highest BCUT2D eigenvalue weighted by molar-refractivity contribution is 6.09. The van der Waals surface area contributed by atoms with Gasteiger partial charge >= 0.3 is 0 Å². The van der Waals surface area contributed by atoms with E-state index < -0.39 is 0 Å². The van der Waals surface area contributed by atoms with E-state index in [-0.39, 0.29) is 17.4 Å². The van der Waals surface area contributed by atoms with E-state index in [0.29, 0.717) is 40.8 Å². The van der Waals surface area contributed by atoms with Crippen LogP contribution in [0.1, 0.15) is 30.9 Å². The lowest BCUT2D eigenvalue weighted by atomic mass is 9.77. The normalized spacial score (nSPS) is 19.9. The highest BCUT2D eigenvalue weighted by Gasteiger charge is 2.31. The van der Waals surface area contributed by atoms with Gasteiger partial charge in [0.25, 0.3) is 0 Å². The number of ketones is 1. The number of allylic oxidation sites excluding steroid dienone is 2. The maximum absolute atomic E-state index is 13.0. The van der Waals surface area contributed by atoms with Gasteiger partial charge in [0, 0.05) is 27.5 Å². The van der Waals surface area contributed by atoms with Gasteiger partial charge in [-0.1, -0.05) is 77.8 Å². The van der Waals surface area contributed by atoms with Crippen LogP contribution in [0, 0.1) is 5.92 Å². The summed E-state index contributed by atoms with van der Waals surface area (Å²) in [5.74, 6) is -0.165. The summed E-state index contributed by atoms with van der Waals surface area (Å²) in [6, 6.07) is 18.3. The van der Waals surface area contributed by atoms with Crippen LogP contribution in [0.25, 0.3) is 32.3 Å². The SMILES string of the molecule is CC1CCC(=O)C(=C(N=[N+]=[N-])c2ccccc2)C1=C(N=[N+]=[N-])c1ccccc1. The summed E-state index contributed by atoms with van der Waals surface area (Å²) in [6.45, 7) is 1.98. The van der Waals surface area contributed by atoms with Crippen molar-refractivity contribution in [1.82, 2.24) is 0 Å². The summed E-state index contributed by atoms with van der Waals surface area (Å²) < 4.78 is 0. The Kier molecular flexibility index (Phi) is 5.92. The van der Waals surface area contributed by atoms with Crippen molar-refractivity contribution < 1.29 is 4.79 Å². The maximum Gasteiger partial charge on any atom is 0.163 e. The van der Waals surface area contributed by atoms with Crippen LogP contribution >= 0.6 is 0 Å². The lowest BCUT2D eigenvalue weighted by Gasteiger charge is -2.28. The minimum absolute atomic E-state index is 0.0407. The summed E-state index contributed by atoms with van der Waals surface area (Å²) in [5.41, 5.74) is 21.3. The first kappa shape index (κ1) is 19.0. The summed E-state index contributed by atoms with van der Waals surface area (Å²) in [5, 5.41) is 7.79. The molecule has 2 aromatic rings. The highest BCUT2D eigenvalue weighted by atomic mass is 16.1. The van der Waals surface area contributed by atoms with Crippen LogP contribution in [0.15, 0.2) is 82.0 Å². The number of hydrogen-bond acceptors (Lipinski definition) is 3. The van der Waals surface area contributed by atoms with Crippen molar-refractivity contribution in [2.75, 3.05) is 0 Å². The quantitative estimate of drug-likeness (QED) is 0.262. The van der Waals surface area contributed by atoms with E-state index in [0.717, 1.165) is 0 Å². The van der Waals surface area contributed by atoms with Crippen LogP contribution in [0.4, 0.5) is 0 Å². The van der Waals surface area contributed by atoms with Crippen molar-refractivity contribution in [3.8, 4) is 0 Å². The third-order valence-corrected chi connectivity index (χ3v) is 4.72. The average Bonchev–Trinajstić information content (AvgIpc) is 2.74. The molecule has 1 fully saturated rings. The van der Waals surface area contributed by atoms with Crippen molar-refractivity contribution in [3.63, 3.8) is 0 Å². The van der Waals surface area contributed by atoms with Crippen LogP contribution in [0.5, 0.6) is 0 Å². The number of azide groups is 2. The number of Topliss-reactive ketones (excluding diaryl/α,β-unsaturated/α-hetero) is 1. The van der Waals surface area contributed by atoms with E-state index in [1.54, 1.807) is 12.1 Å². The molecule has 0 amide bonds. The summed E-state index contributed by atoms with van der Waals surface area (Å²) >= 11 is 0. The van der Waals surface area contributed by atoms with Gasteiger partial charge in [-0.2, -0.15) is 0 Å². The van der Waals surface area contributed by atoms with Crippen molar-refractivity contribution in [2.45, 2.75) is 19.8 Å². The Morgan fingerprint density at radius 2 is 1.39 bits per heavy atom. The second kappa shape index (κ2) is 8.73. The largest absolute Gasteiger partial charge is 0.294 e. The third kappa shape index (κ3) is 3.81. The van der Waals surface area contributed by atoms with Gasteiger partial charge in [0.15, 0.2) is 5.78 Å². The Hall–Kier alpha value is -3.79. The number of carbonyl (C=O) groups excluding carboxylic acids is 1. The van der Waals surface area contributed by atoms with Crippen molar-refractivity contribution in [2.24, 2.45) is 16.1 Å². The average molecular weight is 370 g/mol. The first-order chi connectivity index (χ1) is 13.7. The fourth-order valence-corrected chi connectivity index (χ4v) is 3.43. The van der Waals surface area contributed by atoms with E-state index in [1.807, 2.05) is 55.5 Å². The predicted molar refractivity (Wildman–Crippen MR) is 108 cm³/mol. The number of rotatable bonds is 4. The van der Waals surface area contributed by atoms with Crippen LogP contribution in [0.3, 0.4) is 0 Å². The molecule has 1 aliphatic rings. The zero-order valence-electron chi connectivity index (χ0n) is 15.4.